The van der Waals surface area contributed by atoms with Crippen LogP contribution in [0.5, 0.6) is 0 Å². The van der Waals surface area contributed by atoms with Crippen molar-refractivity contribution in [1.29, 1.82) is 5.26 Å². The van der Waals surface area contributed by atoms with Gasteiger partial charge in [0.1, 0.15) is 0 Å². The topological polar surface area (TPSA) is 61.2 Å². The number of nitrogens with zero attached hydrogens (tertiary/aromatic N) is 2. The molecule has 0 amide bonds. The number of benzene rings is 1. The van der Waals surface area contributed by atoms with Gasteiger partial charge < -0.3 is 0 Å². The lowest BCUT2D eigenvalue weighted by Gasteiger charge is -2.17. The molecule has 6 heteroatoms. The van der Waals surface area contributed by atoms with Gasteiger partial charge in [-0.3, -0.25) is 0 Å². The number of rotatable bonds is 5. The van der Waals surface area contributed by atoms with Crippen molar-refractivity contribution in [2.24, 2.45) is 0 Å². The van der Waals surface area contributed by atoms with Crippen molar-refractivity contribution in [2.75, 3.05) is 13.6 Å². The standard InChI is InChI=1S/C15H16N2O2S2/c1-12-10-15(6-5-13(12)11-16)21(18,19)17(2)8-7-14-4-3-9-20-14/h3-6,9-10H,7-8H2,1-2H3. The number of nitriles is 1. The van der Waals surface area contributed by atoms with Crippen LogP contribution in [0.3, 0.4) is 0 Å². The average Bonchev–Trinajstić information content (AvgIpc) is 2.97. The molecule has 1 heterocycles. The van der Waals surface area contributed by atoms with E-state index in [4.69, 9.17) is 5.26 Å². The number of hydrogen-bond donors (Lipinski definition) is 0. The first-order chi connectivity index (χ1) is 9.95. The lowest BCUT2D eigenvalue weighted by atomic mass is 10.1. The van der Waals surface area contributed by atoms with Crippen molar-refractivity contribution in [3.63, 3.8) is 0 Å². The van der Waals surface area contributed by atoms with E-state index in [0.717, 1.165) is 4.88 Å². The zero-order valence-corrected chi connectivity index (χ0v) is 13.5. The largest absolute Gasteiger partial charge is 0.242 e. The highest BCUT2D eigenvalue weighted by Gasteiger charge is 2.21. The fourth-order valence-corrected chi connectivity index (χ4v) is 3.90. The van der Waals surface area contributed by atoms with Gasteiger partial charge in [0, 0.05) is 18.5 Å². The van der Waals surface area contributed by atoms with Crippen LogP contribution in [-0.4, -0.2) is 26.3 Å². The molecule has 0 N–H and O–H groups in total. The predicted molar refractivity (Wildman–Crippen MR) is 83.7 cm³/mol. The molecule has 0 aliphatic rings. The van der Waals surface area contributed by atoms with E-state index < -0.39 is 10.0 Å². The molecule has 0 saturated carbocycles. The quantitative estimate of drug-likeness (QED) is 0.851. The van der Waals surface area contributed by atoms with Crippen molar-refractivity contribution in [2.45, 2.75) is 18.2 Å². The van der Waals surface area contributed by atoms with Crippen LogP contribution in [0.4, 0.5) is 0 Å². The van der Waals surface area contributed by atoms with Crippen LogP contribution >= 0.6 is 11.3 Å². The minimum absolute atomic E-state index is 0.229. The Hall–Kier alpha value is -1.68. The lowest BCUT2D eigenvalue weighted by Crippen LogP contribution is -2.29. The van der Waals surface area contributed by atoms with E-state index in [1.165, 1.54) is 10.4 Å². The van der Waals surface area contributed by atoms with Gasteiger partial charge >= 0.3 is 0 Å². The van der Waals surface area contributed by atoms with Gasteiger partial charge in [-0.2, -0.15) is 5.26 Å². The lowest BCUT2D eigenvalue weighted by molar-refractivity contribution is 0.473. The van der Waals surface area contributed by atoms with Gasteiger partial charge in [-0.05, 0) is 48.6 Å². The smallest absolute Gasteiger partial charge is 0.207 e. The third-order valence-electron chi connectivity index (χ3n) is 3.28. The second-order valence-electron chi connectivity index (χ2n) is 4.74. The summed E-state index contributed by atoms with van der Waals surface area (Å²) < 4.78 is 26.3. The maximum Gasteiger partial charge on any atom is 0.242 e. The molecule has 110 valence electrons. The molecule has 0 aliphatic carbocycles. The van der Waals surface area contributed by atoms with E-state index in [0.29, 0.717) is 24.1 Å². The Balaban J connectivity index is 2.17. The number of sulfonamides is 1. The Labute approximate surface area is 129 Å². The second-order valence-corrected chi connectivity index (χ2v) is 7.82. The monoisotopic (exact) mass is 320 g/mol. The molecule has 0 bridgehead atoms. The van der Waals surface area contributed by atoms with Crippen LogP contribution in [0.1, 0.15) is 16.0 Å². The molecule has 4 nitrogen and oxygen atoms in total. The van der Waals surface area contributed by atoms with Gasteiger partial charge in [0.2, 0.25) is 10.0 Å². The van der Waals surface area contributed by atoms with Crippen LogP contribution in [0.15, 0.2) is 40.6 Å². The summed E-state index contributed by atoms with van der Waals surface area (Å²) in [4.78, 5) is 1.39. The number of aryl methyl sites for hydroxylation is 1. The summed E-state index contributed by atoms with van der Waals surface area (Å²) in [5, 5.41) is 10.9. The number of hydrogen-bond acceptors (Lipinski definition) is 4. The fraction of sp³-hybridized carbons (Fsp3) is 0.267. The third kappa shape index (κ3) is 3.50. The molecule has 0 aliphatic heterocycles. The summed E-state index contributed by atoms with van der Waals surface area (Å²) in [6, 6.07) is 10.6. The molecule has 1 aromatic carbocycles. The van der Waals surface area contributed by atoms with Crippen LogP contribution in [0.2, 0.25) is 0 Å². The predicted octanol–water partition coefficient (Wildman–Crippen LogP) is 2.79. The van der Waals surface area contributed by atoms with Crippen molar-refractivity contribution in [1.82, 2.24) is 4.31 Å². The minimum Gasteiger partial charge on any atom is -0.207 e. The Morgan fingerprint density at radius 3 is 2.67 bits per heavy atom. The summed E-state index contributed by atoms with van der Waals surface area (Å²) in [5.41, 5.74) is 1.17. The van der Waals surface area contributed by atoms with Gasteiger partial charge in [-0.25, -0.2) is 12.7 Å². The van der Waals surface area contributed by atoms with Crippen molar-refractivity contribution in [3.05, 3.63) is 51.7 Å². The Kier molecular flexibility index (Phi) is 4.78. The Bertz CT molecular complexity index is 759. The van der Waals surface area contributed by atoms with Crippen molar-refractivity contribution < 1.29 is 8.42 Å². The highest BCUT2D eigenvalue weighted by molar-refractivity contribution is 7.89. The average molecular weight is 320 g/mol. The van der Waals surface area contributed by atoms with E-state index in [-0.39, 0.29) is 4.90 Å². The summed E-state index contributed by atoms with van der Waals surface area (Å²) >= 11 is 1.62. The normalized spacial score (nSPS) is 11.5. The molecular weight excluding hydrogens is 304 g/mol. The molecule has 0 fully saturated rings. The molecule has 0 unspecified atom stereocenters. The Morgan fingerprint density at radius 2 is 2.10 bits per heavy atom. The first-order valence-corrected chi connectivity index (χ1v) is 8.76. The summed E-state index contributed by atoms with van der Waals surface area (Å²) in [6.45, 7) is 2.17. The molecule has 0 atom stereocenters. The molecule has 2 rings (SSSR count). The summed E-state index contributed by atoms with van der Waals surface area (Å²) in [5.74, 6) is 0. The van der Waals surface area contributed by atoms with Crippen molar-refractivity contribution in [3.8, 4) is 6.07 Å². The molecular formula is C15H16N2O2S2. The van der Waals surface area contributed by atoms with Crippen LogP contribution in [0, 0.1) is 18.3 Å². The van der Waals surface area contributed by atoms with Gasteiger partial charge in [0.15, 0.2) is 0 Å². The number of thiophene rings is 1. The van der Waals surface area contributed by atoms with Crippen LogP contribution < -0.4 is 0 Å². The first-order valence-electron chi connectivity index (χ1n) is 6.44. The zero-order chi connectivity index (χ0) is 15.5. The minimum atomic E-state index is -3.51. The third-order valence-corrected chi connectivity index (χ3v) is 6.07. The van der Waals surface area contributed by atoms with E-state index in [1.807, 2.05) is 23.6 Å². The number of likely N-dealkylation sites (N-methyl/N-ethyl adjacent to an activating group) is 1. The molecule has 0 spiro atoms. The van der Waals surface area contributed by atoms with E-state index >= 15 is 0 Å². The first kappa shape index (κ1) is 15.7. The van der Waals surface area contributed by atoms with Gasteiger partial charge in [-0.15, -0.1) is 11.3 Å². The summed E-state index contributed by atoms with van der Waals surface area (Å²) in [6.07, 6.45) is 0.697. The SMILES string of the molecule is Cc1cc(S(=O)(=O)N(C)CCc2cccs2)ccc1C#N. The maximum atomic E-state index is 12.5. The van der Waals surface area contributed by atoms with Gasteiger partial charge in [-0.1, -0.05) is 6.07 Å². The highest BCUT2D eigenvalue weighted by Crippen LogP contribution is 2.19. The van der Waals surface area contributed by atoms with E-state index in [1.54, 1.807) is 37.4 Å². The van der Waals surface area contributed by atoms with Crippen LogP contribution in [-0.2, 0) is 16.4 Å². The Morgan fingerprint density at radius 1 is 1.33 bits per heavy atom. The molecule has 21 heavy (non-hydrogen) atoms. The second kappa shape index (κ2) is 6.39. The fourth-order valence-electron chi connectivity index (χ4n) is 1.94. The van der Waals surface area contributed by atoms with Gasteiger partial charge in [0.25, 0.3) is 0 Å². The maximum absolute atomic E-state index is 12.5. The summed E-state index contributed by atoms with van der Waals surface area (Å²) in [7, 11) is -1.93. The van der Waals surface area contributed by atoms with E-state index in [9.17, 15) is 8.42 Å². The van der Waals surface area contributed by atoms with E-state index in [2.05, 4.69) is 0 Å². The molecule has 2 aromatic rings. The van der Waals surface area contributed by atoms with Gasteiger partial charge in [0.05, 0.1) is 16.5 Å². The van der Waals surface area contributed by atoms with Crippen LogP contribution in [0.25, 0.3) is 0 Å². The zero-order valence-electron chi connectivity index (χ0n) is 11.9. The van der Waals surface area contributed by atoms with Crippen molar-refractivity contribution >= 4 is 21.4 Å². The molecule has 1 aromatic heterocycles. The highest BCUT2D eigenvalue weighted by atomic mass is 32.2. The molecule has 0 radical (unpaired) electrons. The molecule has 0 saturated heterocycles.